The van der Waals surface area contributed by atoms with Crippen molar-refractivity contribution in [2.75, 3.05) is 30.9 Å². The topological polar surface area (TPSA) is 50.4 Å². The molecule has 82 valence electrons. The number of hydrogen-bond donors (Lipinski definition) is 2. The molecule has 1 aromatic rings. The van der Waals surface area contributed by atoms with Crippen molar-refractivity contribution < 1.29 is 9.53 Å². The zero-order valence-corrected chi connectivity index (χ0v) is 9.04. The normalized spacial score (nSPS) is 9.73. The highest BCUT2D eigenvalue weighted by Crippen LogP contribution is 2.12. The lowest BCUT2D eigenvalue weighted by Gasteiger charge is -2.06. The van der Waals surface area contributed by atoms with Crippen LogP contribution in [0.25, 0.3) is 0 Å². The molecule has 1 amide bonds. The highest BCUT2D eigenvalue weighted by molar-refractivity contribution is 5.91. The standard InChI is InChI=1S/C11H16N2O2/c1-3-12-9-4-6-10(7-5-9)13-11(14)8-15-2/h4-7,12H,3,8H2,1-2H3,(H,13,14). The van der Waals surface area contributed by atoms with E-state index in [2.05, 4.69) is 10.6 Å². The van der Waals surface area contributed by atoms with Gasteiger partial charge in [-0.2, -0.15) is 0 Å². The summed E-state index contributed by atoms with van der Waals surface area (Å²) >= 11 is 0. The summed E-state index contributed by atoms with van der Waals surface area (Å²) in [7, 11) is 1.49. The molecule has 0 saturated heterocycles. The Hall–Kier alpha value is -1.55. The number of rotatable bonds is 5. The first kappa shape index (κ1) is 11.5. The van der Waals surface area contributed by atoms with Crippen LogP contribution >= 0.6 is 0 Å². The highest BCUT2D eigenvalue weighted by atomic mass is 16.5. The van der Waals surface area contributed by atoms with Gasteiger partial charge in [-0.25, -0.2) is 0 Å². The van der Waals surface area contributed by atoms with Gasteiger partial charge in [-0.1, -0.05) is 0 Å². The molecular formula is C11H16N2O2. The number of carbonyl (C=O) groups excluding carboxylic acids is 1. The molecule has 0 aromatic heterocycles. The van der Waals surface area contributed by atoms with E-state index < -0.39 is 0 Å². The maximum absolute atomic E-state index is 11.2. The number of anilines is 2. The van der Waals surface area contributed by atoms with E-state index in [0.29, 0.717) is 0 Å². The molecule has 4 heteroatoms. The number of carbonyl (C=O) groups is 1. The number of amides is 1. The molecule has 1 aromatic carbocycles. The first-order chi connectivity index (χ1) is 7.26. The first-order valence-corrected chi connectivity index (χ1v) is 4.89. The van der Waals surface area contributed by atoms with Crippen LogP contribution in [0.1, 0.15) is 6.92 Å². The molecule has 0 aliphatic rings. The van der Waals surface area contributed by atoms with E-state index in [-0.39, 0.29) is 12.5 Å². The summed E-state index contributed by atoms with van der Waals surface area (Å²) in [6.45, 7) is 3.00. The molecule has 0 spiro atoms. The average molecular weight is 208 g/mol. The summed E-state index contributed by atoms with van der Waals surface area (Å²) in [5, 5.41) is 5.90. The summed E-state index contributed by atoms with van der Waals surface area (Å²) in [6, 6.07) is 7.55. The van der Waals surface area contributed by atoms with Gasteiger partial charge in [0.1, 0.15) is 6.61 Å². The molecule has 0 heterocycles. The van der Waals surface area contributed by atoms with Crippen molar-refractivity contribution in [3.05, 3.63) is 24.3 Å². The van der Waals surface area contributed by atoms with E-state index in [9.17, 15) is 4.79 Å². The van der Waals surface area contributed by atoms with E-state index in [4.69, 9.17) is 4.74 Å². The van der Waals surface area contributed by atoms with Crippen LogP contribution in [-0.4, -0.2) is 26.2 Å². The lowest BCUT2D eigenvalue weighted by atomic mass is 10.3. The Morgan fingerprint density at radius 2 is 1.87 bits per heavy atom. The van der Waals surface area contributed by atoms with Crippen molar-refractivity contribution in [1.29, 1.82) is 0 Å². The molecule has 1 rings (SSSR count). The largest absolute Gasteiger partial charge is 0.385 e. The fraction of sp³-hybridized carbons (Fsp3) is 0.364. The van der Waals surface area contributed by atoms with Gasteiger partial charge in [0.15, 0.2) is 0 Å². The summed E-state index contributed by atoms with van der Waals surface area (Å²) in [4.78, 5) is 11.2. The Labute approximate surface area is 89.6 Å². The van der Waals surface area contributed by atoms with Crippen molar-refractivity contribution in [2.24, 2.45) is 0 Å². The van der Waals surface area contributed by atoms with Crippen LogP contribution in [0, 0.1) is 0 Å². The summed E-state index contributed by atoms with van der Waals surface area (Å²) < 4.78 is 4.71. The van der Waals surface area contributed by atoms with Gasteiger partial charge >= 0.3 is 0 Å². The van der Waals surface area contributed by atoms with Gasteiger partial charge < -0.3 is 15.4 Å². The molecule has 0 radical (unpaired) electrons. The molecule has 0 unspecified atom stereocenters. The Bertz CT molecular complexity index is 309. The second kappa shape index (κ2) is 6.03. The third-order valence-corrected chi connectivity index (χ3v) is 1.82. The number of methoxy groups -OCH3 is 1. The lowest BCUT2D eigenvalue weighted by molar-refractivity contribution is -0.119. The van der Waals surface area contributed by atoms with Gasteiger partial charge in [-0.15, -0.1) is 0 Å². The zero-order valence-electron chi connectivity index (χ0n) is 9.04. The number of nitrogens with one attached hydrogen (secondary N) is 2. The summed E-state index contributed by atoms with van der Waals surface area (Å²) in [5.74, 6) is -0.145. The van der Waals surface area contributed by atoms with E-state index in [1.807, 2.05) is 31.2 Å². The van der Waals surface area contributed by atoms with Gasteiger partial charge in [0.25, 0.3) is 0 Å². The van der Waals surface area contributed by atoms with Gasteiger partial charge in [0, 0.05) is 25.0 Å². The molecule has 0 aliphatic heterocycles. The Balaban J connectivity index is 2.52. The second-order valence-electron chi connectivity index (χ2n) is 3.09. The molecule has 4 nitrogen and oxygen atoms in total. The summed E-state index contributed by atoms with van der Waals surface area (Å²) in [5.41, 5.74) is 1.82. The minimum absolute atomic E-state index is 0.0783. The predicted octanol–water partition coefficient (Wildman–Crippen LogP) is 1.70. The Morgan fingerprint density at radius 3 is 2.40 bits per heavy atom. The van der Waals surface area contributed by atoms with Crippen molar-refractivity contribution in [1.82, 2.24) is 0 Å². The van der Waals surface area contributed by atoms with Crippen molar-refractivity contribution in [2.45, 2.75) is 6.92 Å². The second-order valence-corrected chi connectivity index (χ2v) is 3.09. The Kier molecular flexibility index (Phi) is 4.63. The van der Waals surface area contributed by atoms with Crippen LogP contribution in [0.2, 0.25) is 0 Å². The van der Waals surface area contributed by atoms with Crippen molar-refractivity contribution >= 4 is 17.3 Å². The fourth-order valence-corrected chi connectivity index (χ4v) is 1.20. The Morgan fingerprint density at radius 1 is 1.27 bits per heavy atom. The molecule has 0 fully saturated rings. The van der Waals surface area contributed by atoms with Gasteiger partial charge in [-0.3, -0.25) is 4.79 Å². The van der Waals surface area contributed by atoms with Crippen LogP contribution in [0.4, 0.5) is 11.4 Å². The smallest absolute Gasteiger partial charge is 0.250 e. The predicted molar refractivity (Wildman–Crippen MR) is 61.1 cm³/mol. The average Bonchev–Trinajstić information content (AvgIpc) is 2.22. The third-order valence-electron chi connectivity index (χ3n) is 1.82. The molecule has 0 bridgehead atoms. The van der Waals surface area contributed by atoms with Gasteiger partial charge in [-0.05, 0) is 31.2 Å². The van der Waals surface area contributed by atoms with Crippen LogP contribution in [-0.2, 0) is 9.53 Å². The van der Waals surface area contributed by atoms with E-state index in [0.717, 1.165) is 17.9 Å². The number of benzene rings is 1. The number of hydrogen-bond acceptors (Lipinski definition) is 3. The van der Waals surface area contributed by atoms with Crippen molar-refractivity contribution in [3.63, 3.8) is 0 Å². The van der Waals surface area contributed by atoms with E-state index >= 15 is 0 Å². The molecule has 2 N–H and O–H groups in total. The minimum Gasteiger partial charge on any atom is -0.385 e. The van der Waals surface area contributed by atoms with Gasteiger partial charge in [0.05, 0.1) is 0 Å². The summed E-state index contributed by atoms with van der Waals surface area (Å²) in [6.07, 6.45) is 0. The number of ether oxygens (including phenoxy) is 1. The monoisotopic (exact) mass is 208 g/mol. The third kappa shape index (κ3) is 3.99. The highest BCUT2D eigenvalue weighted by Gasteiger charge is 2.00. The van der Waals surface area contributed by atoms with E-state index in [1.54, 1.807) is 0 Å². The molecule has 0 aliphatic carbocycles. The maximum atomic E-state index is 11.2. The van der Waals surface area contributed by atoms with Crippen LogP contribution < -0.4 is 10.6 Å². The molecular weight excluding hydrogens is 192 g/mol. The minimum atomic E-state index is -0.145. The molecule has 0 atom stereocenters. The van der Waals surface area contributed by atoms with E-state index in [1.165, 1.54) is 7.11 Å². The SMILES string of the molecule is CCNc1ccc(NC(=O)COC)cc1. The van der Waals surface area contributed by atoms with Gasteiger partial charge in [0.2, 0.25) is 5.91 Å². The fourth-order valence-electron chi connectivity index (χ4n) is 1.20. The zero-order chi connectivity index (χ0) is 11.1. The van der Waals surface area contributed by atoms with Crippen molar-refractivity contribution in [3.8, 4) is 0 Å². The lowest BCUT2D eigenvalue weighted by Crippen LogP contribution is -2.16. The first-order valence-electron chi connectivity index (χ1n) is 4.89. The van der Waals surface area contributed by atoms with Crippen LogP contribution in [0.3, 0.4) is 0 Å². The maximum Gasteiger partial charge on any atom is 0.250 e. The van der Waals surface area contributed by atoms with Crippen LogP contribution in [0.15, 0.2) is 24.3 Å². The molecule has 0 saturated carbocycles. The van der Waals surface area contributed by atoms with Crippen LogP contribution in [0.5, 0.6) is 0 Å². The molecule has 15 heavy (non-hydrogen) atoms. The quantitative estimate of drug-likeness (QED) is 0.774.